The summed E-state index contributed by atoms with van der Waals surface area (Å²) in [5.74, 6) is -1.10. The standard InChI is InChI=1S/C13H15F2N3/c1-3-12-13(8-18(2)17-12)16-7-9-4-5-10(14)6-11(9)15/h4-6,8,16H,3,7H2,1-2H3. The van der Waals surface area contributed by atoms with Gasteiger partial charge in [-0.2, -0.15) is 5.10 Å². The Morgan fingerprint density at radius 2 is 2.11 bits per heavy atom. The molecule has 1 aromatic carbocycles. The third kappa shape index (κ3) is 2.67. The fourth-order valence-electron chi connectivity index (χ4n) is 1.80. The molecule has 96 valence electrons. The van der Waals surface area contributed by atoms with Gasteiger partial charge in [0.25, 0.3) is 0 Å². The predicted octanol–water partition coefficient (Wildman–Crippen LogP) is 2.87. The van der Waals surface area contributed by atoms with Crippen LogP contribution in [0.4, 0.5) is 14.5 Å². The van der Waals surface area contributed by atoms with Crippen LogP contribution >= 0.6 is 0 Å². The third-order valence-electron chi connectivity index (χ3n) is 2.72. The van der Waals surface area contributed by atoms with Gasteiger partial charge in [-0.1, -0.05) is 13.0 Å². The summed E-state index contributed by atoms with van der Waals surface area (Å²) >= 11 is 0. The molecule has 5 heteroatoms. The molecule has 1 aromatic heterocycles. The number of rotatable bonds is 4. The van der Waals surface area contributed by atoms with E-state index in [1.807, 2.05) is 20.2 Å². The van der Waals surface area contributed by atoms with Gasteiger partial charge in [-0.05, 0) is 12.5 Å². The summed E-state index contributed by atoms with van der Waals surface area (Å²) in [6.45, 7) is 2.32. The van der Waals surface area contributed by atoms with Gasteiger partial charge < -0.3 is 5.32 Å². The van der Waals surface area contributed by atoms with Gasteiger partial charge in [0.15, 0.2) is 0 Å². The molecule has 1 N–H and O–H groups in total. The van der Waals surface area contributed by atoms with Gasteiger partial charge in [-0.3, -0.25) is 4.68 Å². The van der Waals surface area contributed by atoms with Crippen molar-refractivity contribution in [1.82, 2.24) is 9.78 Å². The van der Waals surface area contributed by atoms with E-state index in [1.165, 1.54) is 12.1 Å². The molecule has 0 unspecified atom stereocenters. The topological polar surface area (TPSA) is 29.9 Å². The second kappa shape index (κ2) is 5.16. The van der Waals surface area contributed by atoms with Crippen molar-refractivity contribution in [2.75, 3.05) is 5.32 Å². The van der Waals surface area contributed by atoms with Crippen LogP contribution in [0.3, 0.4) is 0 Å². The van der Waals surface area contributed by atoms with Crippen LogP contribution in [0.1, 0.15) is 18.2 Å². The summed E-state index contributed by atoms with van der Waals surface area (Å²) in [5.41, 5.74) is 2.24. The molecular formula is C13H15F2N3. The van der Waals surface area contributed by atoms with Gasteiger partial charge in [0, 0.05) is 31.4 Å². The lowest BCUT2D eigenvalue weighted by Gasteiger charge is -2.06. The molecule has 0 spiro atoms. The van der Waals surface area contributed by atoms with E-state index in [1.54, 1.807) is 4.68 Å². The number of benzene rings is 1. The summed E-state index contributed by atoms with van der Waals surface area (Å²) in [7, 11) is 1.84. The molecule has 0 aliphatic carbocycles. The monoisotopic (exact) mass is 251 g/mol. The molecule has 0 saturated carbocycles. The van der Waals surface area contributed by atoms with Crippen LogP contribution in [0.2, 0.25) is 0 Å². The Morgan fingerprint density at radius 1 is 1.33 bits per heavy atom. The van der Waals surface area contributed by atoms with Crippen molar-refractivity contribution >= 4 is 5.69 Å². The average Bonchev–Trinajstić information content (AvgIpc) is 2.68. The fourth-order valence-corrected chi connectivity index (χ4v) is 1.80. The van der Waals surface area contributed by atoms with E-state index in [0.29, 0.717) is 12.1 Å². The zero-order chi connectivity index (χ0) is 13.1. The van der Waals surface area contributed by atoms with Crippen molar-refractivity contribution in [1.29, 1.82) is 0 Å². The molecule has 18 heavy (non-hydrogen) atoms. The van der Waals surface area contributed by atoms with Crippen LogP contribution in [0, 0.1) is 11.6 Å². The highest BCUT2D eigenvalue weighted by atomic mass is 19.1. The van der Waals surface area contributed by atoms with E-state index in [9.17, 15) is 8.78 Å². The minimum Gasteiger partial charge on any atom is -0.378 e. The number of nitrogens with one attached hydrogen (secondary N) is 1. The van der Waals surface area contributed by atoms with E-state index in [4.69, 9.17) is 0 Å². The lowest BCUT2D eigenvalue weighted by atomic mass is 10.2. The minimum atomic E-state index is -0.563. The van der Waals surface area contributed by atoms with E-state index >= 15 is 0 Å². The summed E-state index contributed by atoms with van der Waals surface area (Å²) in [6.07, 6.45) is 2.65. The average molecular weight is 251 g/mol. The number of nitrogens with zero attached hydrogens (tertiary/aromatic N) is 2. The van der Waals surface area contributed by atoms with Crippen molar-refractivity contribution in [2.24, 2.45) is 7.05 Å². The molecule has 0 bridgehead atoms. The molecule has 0 atom stereocenters. The third-order valence-corrected chi connectivity index (χ3v) is 2.72. The van der Waals surface area contributed by atoms with Gasteiger partial charge in [0.05, 0.1) is 11.4 Å². The molecule has 0 saturated heterocycles. The second-order valence-corrected chi connectivity index (χ2v) is 4.11. The highest BCUT2D eigenvalue weighted by Gasteiger charge is 2.07. The first-order valence-corrected chi connectivity index (χ1v) is 5.80. The maximum Gasteiger partial charge on any atom is 0.131 e. The number of aromatic nitrogens is 2. The Balaban J connectivity index is 2.11. The molecule has 0 aliphatic rings. The Hall–Kier alpha value is -1.91. The quantitative estimate of drug-likeness (QED) is 0.905. The van der Waals surface area contributed by atoms with E-state index in [-0.39, 0.29) is 0 Å². The van der Waals surface area contributed by atoms with Crippen LogP contribution in [0.25, 0.3) is 0 Å². The summed E-state index contributed by atoms with van der Waals surface area (Å²) in [4.78, 5) is 0. The Labute approximate surface area is 104 Å². The summed E-state index contributed by atoms with van der Waals surface area (Å²) in [6, 6.07) is 3.59. The van der Waals surface area contributed by atoms with Gasteiger partial charge in [0.1, 0.15) is 11.6 Å². The predicted molar refractivity (Wildman–Crippen MR) is 66.3 cm³/mol. The highest BCUT2D eigenvalue weighted by molar-refractivity contribution is 5.46. The Bertz CT molecular complexity index is 549. The van der Waals surface area contributed by atoms with Crippen LogP contribution in [-0.2, 0) is 20.0 Å². The zero-order valence-electron chi connectivity index (χ0n) is 10.4. The first kappa shape index (κ1) is 12.5. The molecule has 0 amide bonds. The van der Waals surface area contributed by atoms with Crippen LogP contribution < -0.4 is 5.32 Å². The van der Waals surface area contributed by atoms with Crippen molar-refractivity contribution in [3.05, 3.63) is 47.3 Å². The van der Waals surface area contributed by atoms with Crippen LogP contribution in [0.5, 0.6) is 0 Å². The van der Waals surface area contributed by atoms with E-state index in [0.717, 1.165) is 23.9 Å². The number of hydrogen-bond donors (Lipinski definition) is 1. The molecule has 1 heterocycles. The van der Waals surface area contributed by atoms with Crippen molar-refractivity contribution in [3.8, 4) is 0 Å². The number of anilines is 1. The maximum absolute atomic E-state index is 13.4. The van der Waals surface area contributed by atoms with Crippen molar-refractivity contribution in [2.45, 2.75) is 19.9 Å². The summed E-state index contributed by atoms with van der Waals surface area (Å²) < 4.78 is 27.9. The van der Waals surface area contributed by atoms with Crippen LogP contribution in [0.15, 0.2) is 24.4 Å². The van der Waals surface area contributed by atoms with Crippen molar-refractivity contribution in [3.63, 3.8) is 0 Å². The lowest BCUT2D eigenvalue weighted by molar-refractivity contribution is 0.574. The molecule has 0 radical (unpaired) electrons. The van der Waals surface area contributed by atoms with E-state index in [2.05, 4.69) is 10.4 Å². The normalized spacial score (nSPS) is 10.7. The van der Waals surface area contributed by atoms with Gasteiger partial charge in [0.2, 0.25) is 0 Å². The van der Waals surface area contributed by atoms with Gasteiger partial charge in [-0.25, -0.2) is 8.78 Å². The SMILES string of the molecule is CCc1nn(C)cc1NCc1ccc(F)cc1F. The maximum atomic E-state index is 13.4. The molecule has 0 fully saturated rings. The minimum absolute atomic E-state index is 0.310. The molecular weight excluding hydrogens is 236 g/mol. The van der Waals surface area contributed by atoms with Crippen LogP contribution in [-0.4, -0.2) is 9.78 Å². The molecule has 0 aliphatic heterocycles. The highest BCUT2D eigenvalue weighted by Crippen LogP contribution is 2.16. The molecule has 2 rings (SSSR count). The molecule has 3 nitrogen and oxygen atoms in total. The number of halogens is 2. The smallest absolute Gasteiger partial charge is 0.131 e. The summed E-state index contributed by atoms with van der Waals surface area (Å²) in [5, 5.41) is 7.39. The van der Waals surface area contributed by atoms with E-state index < -0.39 is 11.6 Å². The first-order chi connectivity index (χ1) is 8.60. The second-order valence-electron chi connectivity index (χ2n) is 4.11. The van der Waals surface area contributed by atoms with Crippen molar-refractivity contribution < 1.29 is 8.78 Å². The fraction of sp³-hybridized carbons (Fsp3) is 0.308. The largest absolute Gasteiger partial charge is 0.378 e. The zero-order valence-corrected chi connectivity index (χ0v) is 10.4. The Kier molecular flexibility index (Phi) is 3.60. The van der Waals surface area contributed by atoms with Gasteiger partial charge in [-0.15, -0.1) is 0 Å². The van der Waals surface area contributed by atoms with Gasteiger partial charge >= 0.3 is 0 Å². The lowest BCUT2D eigenvalue weighted by Crippen LogP contribution is -2.03. The Morgan fingerprint density at radius 3 is 2.78 bits per heavy atom. The number of hydrogen-bond acceptors (Lipinski definition) is 2. The first-order valence-electron chi connectivity index (χ1n) is 5.80. The number of aryl methyl sites for hydroxylation is 2. The molecule has 2 aromatic rings.